The smallest absolute Gasteiger partial charge is 0.274 e. The van der Waals surface area contributed by atoms with Gasteiger partial charge in [-0.25, -0.2) is 0 Å². The van der Waals surface area contributed by atoms with Crippen LogP contribution in [0.4, 0.5) is 5.69 Å². The number of hydrogen-bond acceptors (Lipinski definition) is 3. The highest BCUT2D eigenvalue weighted by molar-refractivity contribution is 5.41. The lowest BCUT2D eigenvalue weighted by Crippen LogP contribution is -2.22. The number of nitro benzene ring substituents is 1. The predicted octanol–water partition coefficient (Wildman–Crippen LogP) is 3.80. The minimum absolute atomic E-state index is 0.0450. The Labute approximate surface area is 125 Å². The minimum Gasteiger partial charge on any atom is -0.310 e. The SMILES string of the molecule is Cc1cccc(CCNC(C)c2ccccc2[N+](=O)[O-])c1. The van der Waals surface area contributed by atoms with Crippen molar-refractivity contribution in [3.63, 3.8) is 0 Å². The van der Waals surface area contributed by atoms with Gasteiger partial charge in [0.25, 0.3) is 5.69 Å². The second-order valence-electron chi connectivity index (χ2n) is 5.23. The van der Waals surface area contributed by atoms with E-state index < -0.39 is 0 Å². The highest BCUT2D eigenvalue weighted by atomic mass is 16.6. The third-order valence-electron chi connectivity index (χ3n) is 3.55. The van der Waals surface area contributed by atoms with Crippen molar-refractivity contribution >= 4 is 5.69 Å². The lowest BCUT2D eigenvalue weighted by molar-refractivity contribution is -0.385. The molecule has 4 heteroatoms. The molecule has 0 aliphatic rings. The number of nitrogens with zero attached hydrogens (tertiary/aromatic N) is 1. The molecule has 0 saturated carbocycles. The fraction of sp³-hybridized carbons (Fsp3) is 0.294. The zero-order chi connectivity index (χ0) is 15.2. The van der Waals surface area contributed by atoms with E-state index in [2.05, 4.69) is 36.5 Å². The average molecular weight is 284 g/mol. The van der Waals surface area contributed by atoms with Crippen LogP contribution in [0.15, 0.2) is 48.5 Å². The number of aryl methyl sites for hydroxylation is 1. The van der Waals surface area contributed by atoms with Crippen LogP contribution in [-0.4, -0.2) is 11.5 Å². The van der Waals surface area contributed by atoms with Gasteiger partial charge in [-0.15, -0.1) is 0 Å². The van der Waals surface area contributed by atoms with Crippen LogP contribution < -0.4 is 5.32 Å². The molecule has 0 fully saturated rings. The van der Waals surface area contributed by atoms with Crippen LogP contribution in [-0.2, 0) is 6.42 Å². The molecule has 2 rings (SSSR count). The topological polar surface area (TPSA) is 55.2 Å². The first-order chi connectivity index (χ1) is 10.1. The van der Waals surface area contributed by atoms with Crippen molar-refractivity contribution in [3.05, 3.63) is 75.3 Å². The minimum atomic E-state index is -0.325. The molecule has 1 atom stereocenters. The second kappa shape index (κ2) is 6.99. The maximum absolute atomic E-state index is 11.0. The quantitative estimate of drug-likeness (QED) is 0.648. The Kier molecular flexibility index (Phi) is 5.06. The largest absolute Gasteiger partial charge is 0.310 e. The maximum Gasteiger partial charge on any atom is 0.274 e. The summed E-state index contributed by atoms with van der Waals surface area (Å²) in [6, 6.07) is 15.2. The predicted molar refractivity (Wildman–Crippen MR) is 84.4 cm³/mol. The normalized spacial score (nSPS) is 12.1. The van der Waals surface area contributed by atoms with Crippen molar-refractivity contribution in [2.75, 3.05) is 6.54 Å². The number of para-hydroxylation sites is 1. The van der Waals surface area contributed by atoms with E-state index in [1.807, 2.05) is 19.1 Å². The molecule has 0 radical (unpaired) electrons. The van der Waals surface area contributed by atoms with Crippen LogP contribution in [0.5, 0.6) is 0 Å². The molecule has 21 heavy (non-hydrogen) atoms. The molecule has 0 spiro atoms. The van der Waals surface area contributed by atoms with Crippen molar-refractivity contribution in [3.8, 4) is 0 Å². The fourth-order valence-electron chi connectivity index (χ4n) is 2.43. The molecular weight excluding hydrogens is 264 g/mol. The van der Waals surface area contributed by atoms with Crippen LogP contribution >= 0.6 is 0 Å². The first kappa shape index (κ1) is 15.2. The van der Waals surface area contributed by atoms with Gasteiger partial charge in [0.2, 0.25) is 0 Å². The highest BCUT2D eigenvalue weighted by Gasteiger charge is 2.17. The van der Waals surface area contributed by atoms with E-state index in [1.54, 1.807) is 12.1 Å². The lowest BCUT2D eigenvalue weighted by Gasteiger charge is -2.14. The van der Waals surface area contributed by atoms with Gasteiger partial charge in [0, 0.05) is 17.7 Å². The zero-order valence-corrected chi connectivity index (χ0v) is 12.4. The fourth-order valence-corrected chi connectivity index (χ4v) is 2.43. The number of benzene rings is 2. The Morgan fingerprint density at radius 1 is 1.19 bits per heavy atom. The Morgan fingerprint density at radius 2 is 1.95 bits per heavy atom. The van der Waals surface area contributed by atoms with Gasteiger partial charge in [0.05, 0.1) is 4.92 Å². The van der Waals surface area contributed by atoms with Gasteiger partial charge in [-0.3, -0.25) is 10.1 Å². The summed E-state index contributed by atoms with van der Waals surface area (Å²) in [4.78, 5) is 10.7. The highest BCUT2D eigenvalue weighted by Crippen LogP contribution is 2.24. The van der Waals surface area contributed by atoms with Gasteiger partial charge in [-0.1, -0.05) is 48.0 Å². The number of rotatable bonds is 6. The van der Waals surface area contributed by atoms with Crippen LogP contribution in [0.3, 0.4) is 0 Å². The molecule has 1 unspecified atom stereocenters. The molecule has 0 bridgehead atoms. The summed E-state index contributed by atoms with van der Waals surface area (Å²) < 4.78 is 0. The summed E-state index contributed by atoms with van der Waals surface area (Å²) in [5, 5.41) is 14.4. The van der Waals surface area contributed by atoms with Crippen LogP contribution in [0.1, 0.15) is 29.7 Å². The van der Waals surface area contributed by atoms with Gasteiger partial charge in [-0.05, 0) is 32.4 Å². The van der Waals surface area contributed by atoms with E-state index in [-0.39, 0.29) is 16.7 Å². The first-order valence-electron chi connectivity index (χ1n) is 7.10. The molecule has 0 saturated heterocycles. The zero-order valence-electron chi connectivity index (χ0n) is 12.4. The molecule has 110 valence electrons. The van der Waals surface area contributed by atoms with Gasteiger partial charge < -0.3 is 5.32 Å². The van der Waals surface area contributed by atoms with Crippen LogP contribution in [0.25, 0.3) is 0 Å². The first-order valence-corrected chi connectivity index (χ1v) is 7.10. The van der Waals surface area contributed by atoms with Gasteiger partial charge in [0.1, 0.15) is 0 Å². The van der Waals surface area contributed by atoms with Crippen molar-refractivity contribution in [2.24, 2.45) is 0 Å². The maximum atomic E-state index is 11.0. The second-order valence-corrected chi connectivity index (χ2v) is 5.23. The molecule has 0 heterocycles. The van der Waals surface area contributed by atoms with E-state index in [1.165, 1.54) is 11.1 Å². The van der Waals surface area contributed by atoms with Crippen LogP contribution in [0, 0.1) is 17.0 Å². The van der Waals surface area contributed by atoms with Gasteiger partial charge >= 0.3 is 0 Å². The third-order valence-corrected chi connectivity index (χ3v) is 3.55. The molecular formula is C17H20N2O2. The Morgan fingerprint density at radius 3 is 2.67 bits per heavy atom. The van der Waals surface area contributed by atoms with Crippen LogP contribution in [0.2, 0.25) is 0 Å². The van der Waals surface area contributed by atoms with E-state index in [4.69, 9.17) is 0 Å². The Hall–Kier alpha value is -2.20. The Bertz CT molecular complexity index is 626. The summed E-state index contributed by atoms with van der Waals surface area (Å²) in [6.07, 6.45) is 0.909. The lowest BCUT2D eigenvalue weighted by atomic mass is 10.1. The summed E-state index contributed by atoms with van der Waals surface area (Å²) in [7, 11) is 0. The number of nitrogens with one attached hydrogen (secondary N) is 1. The van der Waals surface area contributed by atoms with E-state index >= 15 is 0 Å². The number of hydrogen-bond donors (Lipinski definition) is 1. The number of nitro groups is 1. The Balaban J connectivity index is 1.96. The summed E-state index contributed by atoms with van der Waals surface area (Å²) in [6.45, 7) is 4.82. The summed E-state index contributed by atoms with van der Waals surface area (Å²) in [5.41, 5.74) is 3.43. The molecule has 4 nitrogen and oxygen atoms in total. The summed E-state index contributed by atoms with van der Waals surface area (Å²) in [5.74, 6) is 0. The standard InChI is InChI=1S/C17H20N2O2/c1-13-6-5-7-15(12-13)10-11-18-14(2)16-8-3-4-9-17(16)19(20)21/h3-9,12,14,18H,10-11H2,1-2H3. The molecule has 0 amide bonds. The molecule has 2 aromatic carbocycles. The van der Waals surface area contributed by atoms with E-state index in [0.717, 1.165) is 18.5 Å². The average Bonchev–Trinajstić information content (AvgIpc) is 2.47. The molecule has 1 N–H and O–H groups in total. The van der Waals surface area contributed by atoms with E-state index in [9.17, 15) is 10.1 Å². The van der Waals surface area contributed by atoms with Gasteiger partial charge in [0.15, 0.2) is 0 Å². The third kappa shape index (κ3) is 4.13. The monoisotopic (exact) mass is 284 g/mol. The van der Waals surface area contributed by atoms with Crippen molar-refractivity contribution in [2.45, 2.75) is 26.3 Å². The van der Waals surface area contributed by atoms with Crippen molar-refractivity contribution in [1.82, 2.24) is 5.32 Å². The molecule has 0 aromatic heterocycles. The van der Waals surface area contributed by atoms with Gasteiger partial charge in [-0.2, -0.15) is 0 Å². The van der Waals surface area contributed by atoms with Crippen molar-refractivity contribution in [1.29, 1.82) is 0 Å². The molecule has 2 aromatic rings. The molecule has 0 aliphatic carbocycles. The van der Waals surface area contributed by atoms with E-state index in [0.29, 0.717) is 0 Å². The molecule has 0 aliphatic heterocycles. The van der Waals surface area contributed by atoms with Crippen molar-refractivity contribution < 1.29 is 4.92 Å². The summed E-state index contributed by atoms with van der Waals surface area (Å²) >= 11 is 0.